The molecule has 4 nitrogen and oxygen atoms in total. The second-order valence-corrected chi connectivity index (χ2v) is 6.09. The van der Waals surface area contributed by atoms with Gasteiger partial charge >= 0.3 is 0 Å². The van der Waals surface area contributed by atoms with Crippen LogP contribution in [0.25, 0.3) is 0 Å². The first-order valence-corrected chi connectivity index (χ1v) is 8.00. The Hall–Kier alpha value is -1.55. The molecule has 1 aliphatic rings. The molecule has 0 aromatic carbocycles. The highest BCUT2D eigenvalue weighted by atomic mass is 16.3. The van der Waals surface area contributed by atoms with Crippen LogP contribution in [-0.2, 0) is 12.8 Å². The van der Waals surface area contributed by atoms with Crippen molar-refractivity contribution in [1.82, 2.24) is 9.55 Å². The van der Waals surface area contributed by atoms with E-state index >= 15 is 0 Å². The predicted molar refractivity (Wildman–Crippen MR) is 83.5 cm³/mol. The highest BCUT2D eigenvalue weighted by molar-refractivity contribution is 5.25. The van der Waals surface area contributed by atoms with E-state index in [1.54, 1.807) is 0 Å². The van der Waals surface area contributed by atoms with Crippen LogP contribution >= 0.6 is 0 Å². The molecule has 0 saturated heterocycles. The topological polar surface area (TPSA) is 57.0 Å². The van der Waals surface area contributed by atoms with Gasteiger partial charge in [-0.05, 0) is 58.1 Å². The van der Waals surface area contributed by atoms with Gasteiger partial charge in [-0.1, -0.05) is 6.92 Å². The van der Waals surface area contributed by atoms with E-state index < -0.39 is 0 Å². The smallest absolute Gasteiger partial charge is 0.128 e. The number of hydrogen-bond acceptors (Lipinski definition) is 3. The van der Waals surface area contributed by atoms with Crippen LogP contribution in [0.2, 0.25) is 0 Å². The largest absolute Gasteiger partial charge is 0.464 e. The Labute approximate surface area is 126 Å². The minimum absolute atomic E-state index is 0.0366. The van der Waals surface area contributed by atoms with Crippen LogP contribution in [0.1, 0.15) is 61.0 Å². The Kier molecular flexibility index (Phi) is 3.89. The molecular formula is C17H25N3O. The third kappa shape index (κ3) is 2.53. The van der Waals surface area contributed by atoms with E-state index in [9.17, 15) is 0 Å². The van der Waals surface area contributed by atoms with Crippen molar-refractivity contribution in [2.45, 2.75) is 65.0 Å². The van der Waals surface area contributed by atoms with Gasteiger partial charge in [-0.25, -0.2) is 4.98 Å². The SMILES string of the molecule is CCC(N)C(c1ccc(C)o1)n1c(C)nc2c1CCCC2. The summed E-state index contributed by atoms with van der Waals surface area (Å²) >= 11 is 0. The molecule has 2 aromatic heterocycles. The molecule has 2 heterocycles. The summed E-state index contributed by atoms with van der Waals surface area (Å²) in [6, 6.07) is 4.17. The summed E-state index contributed by atoms with van der Waals surface area (Å²) in [6.07, 6.45) is 5.59. The molecule has 0 fully saturated rings. The lowest BCUT2D eigenvalue weighted by molar-refractivity contribution is 0.353. The number of nitrogens with two attached hydrogens (primary N) is 1. The molecular weight excluding hydrogens is 262 g/mol. The maximum Gasteiger partial charge on any atom is 0.128 e. The summed E-state index contributed by atoms with van der Waals surface area (Å²) in [4.78, 5) is 4.79. The second-order valence-electron chi connectivity index (χ2n) is 6.09. The lowest BCUT2D eigenvalue weighted by Gasteiger charge is -2.27. The number of nitrogens with zero attached hydrogens (tertiary/aromatic N) is 2. The van der Waals surface area contributed by atoms with Gasteiger partial charge in [0.25, 0.3) is 0 Å². The molecule has 0 saturated carbocycles. The van der Waals surface area contributed by atoms with Gasteiger partial charge in [0.2, 0.25) is 0 Å². The molecule has 0 spiro atoms. The molecule has 1 aliphatic carbocycles. The van der Waals surface area contributed by atoms with Crippen LogP contribution in [0.3, 0.4) is 0 Å². The van der Waals surface area contributed by atoms with E-state index in [-0.39, 0.29) is 12.1 Å². The average molecular weight is 287 g/mol. The van der Waals surface area contributed by atoms with Gasteiger partial charge in [0.15, 0.2) is 0 Å². The molecule has 2 N–H and O–H groups in total. The maximum atomic E-state index is 6.44. The molecule has 21 heavy (non-hydrogen) atoms. The second kappa shape index (κ2) is 5.68. The fraction of sp³-hybridized carbons (Fsp3) is 0.588. The molecule has 4 heteroatoms. The van der Waals surface area contributed by atoms with Gasteiger partial charge in [-0.2, -0.15) is 0 Å². The molecule has 114 valence electrons. The van der Waals surface area contributed by atoms with Gasteiger partial charge in [0, 0.05) is 11.7 Å². The van der Waals surface area contributed by atoms with Gasteiger partial charge in [0.05, 0.1) is 5.69 Å². The number of imidazole rings is 1. The number of rotatable bonds is 4. The summed E-state index contributed by atoms with van der Waals surface area (Å²) in [5.74, 6) is 2.95. The monoisotopic (exact) mass is 287 g/mol. The Bertz CT molecular complexity index is 626. The first-order valence-electron chi connectivity index (χ1n) is 8.00. The molecule has 0 aliphatic heterocycles. The predicted octanol–water partition coefficient (Wildman–Crippen LogP) is 3.30. The molecule has 2 unspecified atom stereocenters. The van der Waals surface area contributed by atoms with E-state index in [0.29, 0.717) is 0 Å². The van der Waals surface area contributed by atoms with E-state index in [1.807, 2.05) is 13.0 Å². The van der Waals surface area contributed by atoms with Crippen molar-refractivity contribution in [1.29, 1.82) is 0 Å². The average Bonchev–Trinajstić information content (AvgIpc) is 3.04. The number of aromatic nitrogens is 2. The first-order chi connectivity index (χ1) is 10.1. The van der Waals surface area contributed by atoms with Gasteiger partial charge in [-0.15, -0.1) is 0 Å². The van der Waals surface area contributed by atoms with E-state index in [2.05, 4.69) is 24.5 Å². The zero-order chi connectivity index (χ0) is 15.0. The van der Waals surface area contributed by atoms with Crippen LogP contribution in [-0.4, -0.2) is 15.6 Å². The lowest BCUT2D eigenvalue weighted by Crippen LogP contribution is -2.34. The van der Waals surface area contributed by atoms with Gasteiger partial charge < -0.3 is 14.7 Å². The number of hydrogen-bond donors (Lipinski definition) is 1. The molecule has 0 bridgehead atoms. The number of fused-ring (bicyclic) bond motifs is 1. The number of furan rings is 1. The molecule has 3 rings (SSSR count). The highest BCUT2D eigenvalue weighted by Crippen LogP contribution is 2.32. The van der Waals surface area contributed by atoms with Crippen LogP contribution in [0.5, 0.6) is 0 Å². The van der Waals surface area contributed by atoms with Crippen LogP contribution in [0, 0.1) is 13.8 Å². The molecule has 2 atom stereocenters. The highest BCUT2D eigenvalue weighted by Gasteiger charge is 2.29. The standard InChI is InChI=1S/C17H25N3O/c1-4-13(18)17(16-10-9-11(2)21-16)20-12(3)19-14-7-5-6-8-15(14)20/h9-10,13,17H,4-8,18H2,1-3H3. The normalized spacial score (nSPS) is 17.5. The summed E-state index contributed by atoms with van der Waals surface area (Å²) in [7, 11) is 0. The minimum atomic E-state index is 0.0366. The Morgan fingerprint density at radius 3 is 2.71 bits per heavy atom. The van der Waals surface area contributed by atoms with Crippen molar-refractivity contribution in [3.8, 4) is 0 Å². The Balaban J connectivity index is 2.10. The van der Waals surface area contributed by atoms with Gasteiger partial charge in [-0.3, -0.25) is 0 Å². The van der Waals surface area contributed by atoms with Crippen molar-refractivity contribution in [3.63, 3.8) is 0 Å². The third-order valence-corrected chi connectivity index (χ3v) is 4.55. The lowest BCUT2D eigenvalue weighted by atomic mass is 9.98. The van der Waals surface area contributed by atoms with Crippen molar-refractivity contribution in [3.05, 3.63) is 40.9 Å². The van der Waals surface area contributed by atoms with Crippen LogP contribution < -0.4 is 5.73 Å². The summed E-state index contributed by atoms with van der Waals surface area (Å²) < 4.78 is 8.24. The van der Waals surface area contributed by atoms with Crippen LogP contribution in [0.4, 0.5) is 0 Å². The summed E-state index contributed by atoms with van der Waals surface area (Å²) in [5.41, 5.74) is 9.07. The Morgan fingerprint density at radius 1 is 1.29 bits per heavy atom. The minimum Gasteiger partial charge on any atom is -0.464 e. The third-order valence-electron chi connectivity index (χ3n) is 4.55. The van der Waals surface area contributed by atoms with E-state index in [4.69, 9.17) is 15.1 Å². The molecule has 0 amide bonds. The quantitative estimate of drug-likeness (QED) is 0.938. The zero-order valence-electron chi connectivity index (χ0n) is 13.2. The first kappa shape index (κ1) is 14.4. The van der Waals surface area contributed by atoms with Crippen molar-refractivity contribution in [2.24, 2.45) is 5.73 Å². The van der Waals surface area contributed by atoms with Gasteiger partial charge in [0.1, 0.15) is 23.4 Å². The Morgan fingerprint density at radius 2 is 2.05 bits per heavy atom. The van der Waals surface area contributed by atoms with Crippen molar-refractivity contribution < 1.29 is 4.42 Å². The zero-order valence-corrected chi connectivity index (χ0v) is 13.2. The molecule has 2 aromatic rings. The number of aryl methyl sites for hydroxylation is 3. The van der Waals surface area contributed by atoms with Crippen molar-refractivity contribution in [2.75, 3.05) is 0 Å². The maximum absolute atomic E-state index is 6.44. The molecule has 0 radical (unpaired) electrons. The van der Waals surface area contributed by atoms with E-state index in [1.165, 1.54) is 24.2 Å². The summed E-state index contributed by atoms with van der Waals surface area (Å²) in [6.45, 7) is 6.20. The summed E-state index contributed by atoms with van der Waals surface area (Å²) in [5, 5.41) is 0. The fourth-order valence-electron chi connectivity index (χ4n) is 3.43. The van der Waals surface area contributed by atoms with E-state index in [0.717, 1.165) is 36.6 Å². The van der Waals surface area contributed by atoms with Crippen LogP contribution in [0.15, 0.2) is 16.5 Å². The fourth-order valence-corrected chi connectivity index (χ4v) is 3.43. The van der Waals surface area contributed by atoms with Crippen molar-refractivity contribution >= 4 is 0 Å².